The second kappa shape index (κ2) is 39.4. The third kappa shape index (κ3) is 21.3. The normalized spacial score (nSPS) is 14.7. The predicted molar refractivity (Wildman–Crippen MR) is 458 cm³/mol. The second-order valence-corrected chi connectivity index (χ2v) is 30.4. The van der Waals surface area contributed by atoms with Gasteiger partial charge in [-0.25, -0.2) is 44.9 Å². The van der Waals surface area contributed by atoms with Crippen LogP contribution in [0.1, 0.15) is 86.1 Å². The molecule has 119 heavy (non-hydrogen) atoms. The average molecular weight is 1650 g/mol. The number of carbonyl (C=O) groups is 2. The summed E-state index contributed by atoms with van der Waals surface area (Å²) in [6.45, 7) is 14.0. The average Bonchev–Trinajstić information content (AvgIpc) is 1.74. The molecule has 610 valence electrons. The van der Waals surface area contributed by atoms with Gasteiger partial charge in [-0.3, -0.25) is 19.6 Å². The number of likely N-dealkylation sites (tertiary alicyclic amines) is 1. The van der Waals surface area contributed by atoms with Crippen molar-refractivity contribution in [1.29, 1.82) is 5.26 Å². The molecule has 2 atom stereocenters. The first-order valence-electron chi connectivity index (χ1n) is 39.3. The number of rotatable bonds is 19. The van der Waals surface area contributed by atoms with Gasteiger partial charge >= 0.3 is 6.18 Å². The number of piperazine rings is 1. The first-order chi connectivity index (χ1) is 58.0. The Morgan fingerprint density at radius 2 is 1.39 bits per heavy atom. The maximum absolute atomic E-state index is 12.7. The lowest BCUT2D eigenvalue weighted by molar-refractivity contribution is -0.137. The summed E-state index contributed by atoms with van der Waals surface area (Å²) in [6, 6.07) is 48.7. The third-order valence-corrected chi connectivity index (χ3v) is 21.9. The largest absolute Gasteiger partial charge is 0.416 e. The number of hydrogen-bond acceptors (Lipinski definition) is 25. The van der Waals surface area contributed by atoms with Crippen molar-refractivity contribution in [3.63, 3.8) is 0 Å². The Balaban J connectivity index is 0.000000123. The number of nitrogens with one attached hydrogen (secondary N) is 5. The van der Waals surface area contributed by atoms with Crippen molar-refractivity contribution in [2.75, 3.05) is 124 Å². The summed E-state index contributed by atoms with van der Waals surface area (Å²) in [4.78, 5) is 79.9. The molecule has 0 bridgehead atoms. The van der Waals surface area contributed by atoms with Crippen LogP contribution in [0.2, 0.25) is 5.02 Å². The molecule has 6 aromatic carbocycles. The number of fused-ring (bicyclic) bond motifs is 5. The maximum Gasteiger partial charge on any atom is 0.416 e. The van der Waals surface area contributed by atoms with Crippen molar-refractivity contribution in [3.8, 4) is 17.2 Å². The molecule has 0 radical (unpaired) electrons. The van der Waals surface area contributed by atoms with E-state index in [0.717, 1.165) is 177 Å². The van der Waals surface area contributed by atoms with Gasteiger partial charge in [0, 0.05) is 148 Å². The molecule has 3 saturated heterocycles. The Hall–Kier alpha value is -12.9. The highest BCUT2D eigenvalue weighted by molar-refractivity contribution is 7.17. The zero-order chi connectivity index (χ0) is 82.6. The molecule has 3 fully saturated rings. The van der Waals surface area contributed by atoms with Gasteiger partial charge in [0.15, 0.2) is 5.65 Å². The Kier molecular flexibility index (Phi) is 27.3. The van der Waals surface area contributed by atoms with E-state index in [9.17, 15) is 22.8 Å². The van der Waals surface area contributed by atoms with E-state index in [1.54, 1.807) is 91.1 Å². The van der Waals surface area contributed by atoms with Crippen molar-refractivity contribution < 1.29 is 32.0 Å². The molecule has 2 unspecified atom stereocenters. The Morgan fingerprint density at radius 3 is 2.16 bits per heavy atom. The van der Waals surface area contributed by atoms with Crippen molar-refractivity contribution in [1.82, 2.24) is 79.9 Å². The van der Waals surface area contributed by atoms with Crippen LogP contribution in [0.3, 0.4) is 0 Å². The summed E-state index contributed by atoms with van der Waals surface area (Å²) < 4.78 is 48.5. The number of carbonyl (C=O) groups excluding carboxylic acids is 2. The molecule has 27 nitrogen and oxygen atoms in total. The van der Waals surface area contributed by atoms with Gasteiger partial charge in [0.2, 0.25) is 0 Å². The number of nitrogens with zero attached hydrogens (tertiary/aromatic N) is 18. The highest BCUT2D eigenvalue weighted by atomic mass is 35.5. The smallest absolute Gasteiger partial charge is 0.379 e. The van der Waals surface area contributed by atoms with Crippen LogP contribution in [0, 0.1) is 18.3 Å². The molecule has 11 heterocycles. The number of benzene rings is 6. The summed E-state index contributed by atoms with van der Waals surface area (Å²) in [6.07, 6.45) is 11.1. The summed E-state index contributed by atoms with van der Waals surface area (Å²) >= 11 is 7.59. The number of H-pyrrole nitrogens is 1. The number of aromatic amines is 1. The minimum atomic E-state index is -4.34. The lowest BCUT2D eigenvalue weighted by Crippen LogP contribution is -2.49. The molecule has 18 rings (SSSR count). The van der Waals surface area contributed by atoms with Gasteiger partial charge in [-0.2, -0.15) is 28.5 Å². The standard InChI is InChI=1S/C21H22ClN5O.C19H19N5O.C18H20N4OS.C16H18N4O.C13H10F3N5/c1-25(2)17-7-8-19-18(13-17)20(24-14-23-19)26-9-11-27(12-10-26)21(28)15-3-5-16(22)6-4-15;20-10-13-4-6-14(7-5-13)19(25)24-9-8-15(11-24)23-18-16-2-1-3-17(16)21-12-22-18;1-2-4-14(5-3-1)15-12-24-18-16(15)17(20-13-21-18)19-6-7-22-8-10-23-11-9-22;1-11(8-9-13-6-4-3-5-7-13)19-15-14-12(2)20-21-16(14)18-10-17-15;14-13(15,16)9-3-1-2-8(4-9)5-17-11-10-6-20-21-12(10)19-7-18-11/h3-8,13-14H,9-12H2,1-2H3;4-7,12,15H,1-3,8-9,11H2,(H,21,22,23);1-5,12-13H,6-11H2,(H,19,20,21);3-7,10-11H,8-9H2,1-2H3,(H,17,18,19);1-4,6-7H,5H2,(H2,17,18,19,20,21). The summed E-state index contributed by atoms with van der Waals surface area (Å²) in [5, 5.41) is 39.3. The SMILES string of the molecule is CN(C)c1ccc2ncnc(N3CCN(C(=O)c4ccc(Cl)cc4)CC3)c2c1.Cc1noc2ncnc(NC(C)CCc3ccccc3)c12.FC(F)(F)c1cccc(CNc2ncnc3[nH]ncc23)c1.N#Cc1ccc(C(=O)N2CCC(Nc3ncnc4c3CCC4)C2)cc1.c1ccc(-c2csc3ncnc(NCCN4CCOCC4)c23)cc1. The van der Waals surface area contributed by atoms with Crippen LogP contribution >= 0.6 is 22.9 Å². The van der Waals surface area contributed by atoms with Crippen LogP contribution in [0.15, 0.2) is 199 Å². The topological polar surface area (TPSA) is 315 Å². The second-order valence-electron chi connectivity index (χ2n) is 29.1. The van der Waals surface area contributed by atoms with Gasteiger partial charge in [0.05, 0.1) is 58.6 Å². The van der Waals surface area contributed by atoms with Crippen LogP contribution in [0.4, 0.5) is 47.9 Å². The number of morpholine rings is 1. The number of alkyl halides is 3. The van der Waals surface area contributed by atoms with E-state index in [-0.39, 0.29) is 24.4 Å². The van der Waals surface area contributed by atoms with Gasteiger partial charge < -0.3 is 50.1 Å². The predicted octanol–water partition coefficient (Wildman–Crippen LogP) is 14.9. The number of hydrogen-bond donors (Lipinski definition) is 5. The number of halogens is 4. The van der Waals surface area contributed by atoms with E-state index in [4.69, 9.17) is 26.1 Å². The lowest BCUT2D eigenvalue weighted by atomic mass is 10.1. The molecular formula is C87H89ClF3N23O4S. The van der Waals surface area contributed by atoms with Crippen LogP contribution in [-0.4, -0.2) is 197 Å². The highest BCUT2D eigenvalue weighted by Gasteiger charge is 2.32. The molecule has 3 aliphatic heterocycles. The molecule has 14 aromatic rings. The van der Waals surface area contributed by atoms with Gasteiger partial charge in [-0.1, -0.05) is 89.6 Å². The number of aryl methyl sites for hydroxylation is 3. The summed E-state index contributed by atoms with van der Waals surface area (Å²) in [7, 11) is 4.04. The van der Waals surface area contributed by atoms with Crippen molar-refractivity contribution >= 4 is 113 Å². The van der Waals surface area contributed by atoms with Crippen LogP contribution in [-0.2, 0) is 36.7 Å². The van der Waals surface area contributed by atoms with Gasteiger partial charge in [-0.05, 0) is 148 Å². The molecule has 2 amide bonds. The van der Waals surface area contributed by atoms with Gasteiger partial charge in [-0.15, -0.1) is 11.3 Å². The van der Waals surface area contributed by atoms with Gasteiger partial charge in [0.25, 0.3) is 17.5 Å². The van der Waals surface area contributed by atoms with Crippen LogP contribution in [0.5, 0.6) is 0 Å². The minimum Gasteiger partial charge on any atom is -0.379 e. The number of nitriles is 1. The fourth-order valence-electron chi connectivity index (χ4n) is 14.4. The fraction of sp³-hybridized carbons (Fsp3) is 0.299. The fourth-order valence-corrected chi connectivity index (χ4v) is 15.4. The summed E-state index contributed by atoms with van der Waals surface area (Å²) in [5.41, 5.74) is 11.8. The van der Waals surface area contributed by atoms with E-state index in [2.05, 4.69) is 180 Å². The Morgan fingerprint density at radius 1 is 0.697 bits per heavy atom. The van der Waals surface area contributed by atoms with E-state index in [0.29, 0.717) is 75.5 Å². The maximum atomic E-state index is 12.7. The van der Waals surface area contributed by atoms with E-state index >= 15 is 0 Å². The lowest BCUT2D eigenvalue weighted by Gasteiger charge is -2.36. The first-order valence-corrected chi connectivity index (χ1v) is 40.6. The monoisotopic (exact) mass is 1640 g/mol. The molecule has 8 aromatic heterocycles. The number of thiophene rings is 1. The number of aromatic nitrogens is 13. The number of ether oxygens (including phenoxy) is 1. The molecule has 32 heteroatoms. The highest BCUT2D eigenvalue weighted by Crippen LogP contribution is 2.37. The zero-order valence-corrected chi connectivity index (χ0v) is 67.7. The first kappa shape index (κ1) is 82.6. The zero-order valence-electron chi connectivity index (χ0n) is 66.2. The van der Waals surface area contributed by atoms with Gasteiger partial charge in [0.1, 0.15) is 70.9 Å². The number of amides is 2. The van der Waals surface area contributed by atoms with Crippen LogP contribution in [0.25, 0.3) is 54.4 Å². The molecule has 4 aliphatic rings. The minimum absolute atomic E-state index is 0.0155. The molecule has 0 spiro atoms. The quantitative estimate of drug-likeness (QED) is 0.0502. The Labute approximate surface area is 694 Å². The molecule has 1 aliphatic carbocycles. The van der Waals surface area contributed by atoms with E-state index in [1.165, 1.54) is 41.0 Å². The third-order valence-electron chi connectivity index (χ3n) is 20.8. The molecule has 5 N–H and O–H groups in total. The van der Waals surface area contributed by atoms with Crippen molar-refractivity contribution in [2.24, 2.45) is 0 Å². The van der Waals surface area contributed by atoms with Crippen molar-refractivity contribution in [3.05, 3.63) is 250 Å². The molecular weight excluding hydrogens is 1560 g/mol. The van der Waals surface area contributed by atoms with Crippen LogP contribution < -0.4 is 31.1 Å². The Bertz CT molecular complexity index is 5770. The summed E-state index contributed by atoms with van der Waals surface area (Å²) in [5.74, 6) is 4.15. The number of anilines is 6. The van der Waals surface area contributed by atoms with E-state index in [1.807, 2.05) is 49.0 Å². The van der Waals surface area contributed by atoms with E-state index < -0.39 is 11.7 Å². The van der Waals surface area contributed by atoms with Crippen molar-refractivity contribution in [2.45, 2.75) is 77.2 Å². The molecule has 0 saturated carbocycles.